The Hall–Kier alpha value is -2.69. The molecule has 10 heteroatoms. The lowest BCUT2D eigenvalue weighted by Crippen LogP contribution is -2.44. The van der Waals surface area contributed by atoms with Crippen LogP contribution < -0.4 is 5.32 Å². The fraction of sp³-hybridized carbons (Fsp3) is 0.478. The molecule has 0 bridgehead atoms. The van der Waals surface area contributed by atoms with E-state index in [4.69, 9.17) is 9.26 Å². The number of nitrogens with zero attached hydrogens (tertiary/aromatic N) is 3. The highest BCUT2D eigenvalue weighted by Gasteiger charge is 2.37. The number of amides is 1. The average Bonchev–Trinajstić information content (AvgIpc) is 3.21. The molecule has 2 aliphatic heterocycles. The normalized spacial score (nSPS) is 20.3. The van der Waals surface area contributed by atoms with E-state index in [1.54, 1.807) is 13.0 Å². The standard InChI is InChI=1S/C23H30N4O5S/c1-17-6-3-4-8-20(17)24-23(28)19-7-5-10-27(16-19)33(29,30)22-18(2)25-32-21(22)9-11-26-12-14-31-15-13-26/h3-4,6,8-9,11,19H,5,7,10,12-16H2,1-2H3,(H,24,28). The zero-order valence-corrected chi connectivity index (χ0v) is 19.8. The van der Waals surface area contributed by atoms with E-state index in [1.807, 2.05) is 42.3 Å². The maximum atomic E-state index is 13.5. The van der Waals surface area contributed by atoms with Gasteiger partial charge in [-0.3, -0.25) is 4.79 Å². The Morgan fingerprint density at radius 3 is 2.70 bits per heavy atom. The number of benzene rings is 1. The molecule has 1 aromatic heterocycles. The Labute approximate surface area is 194 Å². The van der Waals surface area contributed by atoms with Gasteiger partial charge < -0.3 is 19.5 Å². The molecule has 2 aromatic rings. The second-order valence-electron chi connectivity index (χ2n) is 8.43. The van der Waals surface area contributed by atoms with Gasteiger partial charge in [0, 0.05) is 44.1 Å². The van der Waals surface area contributed by atoms with E-state index in [0.717, 1.165) is 24.3 Å². The van der Waals surface area contributed by atoms with E-state index in [1.165, 1.54) is 4.31 Å². The lowest BCUT2D eigenvalue weighted by atomic mass is 9.98. The molecule has 1 unspecified atom stereocenters. The molecular formula is C23H30N4O5S. The molecule has 9 nitrogen and oxygen atoms in total. The molecule has 2 fully saturated rings. The molecule has 0 spiro atoms. The minimum absolute atomic E-state index is 0.0620. The van der Waals surface area contributed by atoms with Gasteiger partial charge in [-0.05, 0) is 38.3 Å². The first-order valence-corrected chi connectivity index (χ1v) is 12.6. The second-order valence-corrected chi connectivity index (χ2v) is 10.3. The van der Waals surface area contributed by atoms with E-state index < -0.39 is 15.9 Å². The zero-order valence-electron chi connectivity index (χ0n) is 19.0. The molecule has 3 heterocycles. The molecular weight excluding hydrogens is 444 g/mol. The molecule has 0 radical (unpaired) electrons. The van der Waals surface area contributed by atoms with Gasteiger partial charge in [-0.25, -0.2) is 8.42 Å². The van der Waals surface area contributed by atoms with Crippen molar-refractivity contribution >= 4 is 27.7 Å². The van der Waals surface area contributed by atoms with Gasteiger partial charge in [0.2, 0.25) is 15.9 Å². The van der Waals surface area contributed by atoms with Crippen LogP contribution in [0, 0.1) is 19.8 Å². The quantitative estimate of drug-likeness (QED) is 0.686. The van der Waals surface area contributed by atoms with Crippen LogP contribution in [0.25, 0.3) is 6.08 Å². The highest BCUT2D eigenvalue weighted by Crippen LogP contribution is 2.29. The number of aryl methyl sites for hydroxylation is 2. The summed E-state index contributed by atoms with van der Waals surface area (Å²) in [6.45, 7) is 6.74. The number of ether oxygens (including phenoxy) is 1. The summed E-state index contributed by atoms with van der Waals surface area (Å²) < 4.78 is 39.2. The predicted molar refractivity (Wildman–Crippen MR) is 124 cm³/mol. The Balaban J connectivity index is 1.50. The van der Waals surface area contributed by atoms with Crippen LogP contribution in [-0.2, 0) is 19.6 Å². The summed E-state index contributed by atoms with van der Waals surface area (Å²) in [5.74, 6) is -0.398. The van der Waals surface area contributed by atoms with Crippen LogP contribution in [0.15, 0.2) is 39.9 Å². The van der Waals surface area contributed by atoms with E-state index in [0.29, 0.717) is 38.3 Å². The van der Waals surface area contributed by atoms with Crippen molar-refractivity contribution < 1.29 is 22.5 Å². The second kappa shape index (κ2) is 10.1. The van der Waals surface area contributed by atoms with Crippen LogP contribution in [0.3, 0.4) is 0 Å². The number of rotatable bonds is 6. The summed E-state index contributed by atoms with van der Waals surface area (Å²) in [6.07, 6.45) is 4.70. The summed E-state index contributed by atoms with van der Waals surface area (Å²) in [5.41, 5.74) is 2.01. The average molecular weight is 475 g/mol. The molecule has 1 N–H and O–H groups in total. The Morgan fingerprint density at radius 1 is 1.18 bits per heavy atom. The van der Waals surface area contributed by atoms with E-state index >= 15 is 0 Å². The zero-order chi connectivity index (χ0) is 23.4. The van der Waals surface area contributed by atoms with Crippen molar-refractivity contribution in [2.45, 2.75) is 31.6 Å². The van der Waals surface area contributed by atoms with E-state index in [9.17, 15) is 13.2 Å². The Kier molecular flexibility index (Phi) is 7.16. The Morgan fingerprint density at radius 2 is 1.94 bits per heavy atom. The summed E-state index contributed by atoms with van der Waals surface area (Å²) in [4.78, 5) is 15.0. The van der Waals surface area contributed by atoms with Crippen LogP contribution in [-0.4, -0.2) is 68.1 Å². The number of nitrogens with one attached hydrogen (secondary N) is 1. The molecule has 1 atom stereocenters. The molecule has 33 heavy (non-hydrogen) atoms. The summed E-state index contributed by atoms with van der Waals surface area (Å²) >= 11 is 0. The van der Waals surface area contributed by atoms with E-state index in [-0.39, 0.29) is 23.1 Å². The third-order valence-electron chi connectivity index (χ3n) is 6.07. The third-order valence-corrected chi connectivity index (χ3v) is 8.10. The minimum Gasteiger partial charge on any atom is -0.378 e. The highest BCUT2D eigenvalue weighted by atomic mass is 32.2. The van der Waals surface area contributed by atoms with Crippen LogP contribution in [0.5, 0.6) is 0 Å². The number of carbonyl (C=O) groups excluding carboxylic acids is 1. The van der Waals surface area contributed by atoms with Gasteiger partial charge in [-0.2, -0.15) is 4.31 Å². The molecule has 1 amide bonds. The molecule has 2 aliphatic rings. The molecule has 178 valence electrons. The molecule has 0 saturated carbocycles. The van der Waals surface area contributed by atoms with Crippen molar-refractivity contribution in [3.63, 3.8) is 0 Å². The van der Waals surface area contributed by atoms with Crippen molar-refractivity contribution in [3.05, 3.63) is 47.5 Å². The van der Waals surface area contributed by atoms with Gasteiger partial charge in [0.05, 0.1) is 19.1 Å². The predicted octanol–water partition coefficient (Wildman–Crippen LogP) is 2.63. The van der Waals surface area contributed by atoms with Crippen molar-refractivity contribution in [3.8, 4) is 0 Å². The minimum atomic E-state index is -3.88. The van der Waals surface area contributed by atoms with Crippen LogP contribution in [0.2, 0.25) is 0 Å². The first-order valence-electron chi connectivity index (χ1n) is 11.2. The monoisotopic (exact) mass is 474 g/mol. The van der Waals surface area contributed by atoms with Gasteiger partial charge in [-0.15, -0.1) is 0 Å². The topological polar surface area (TPSA) is 105 Å². The molecule has 4 rings (SSSR count). The van der Waals surface area contributed by atoms with Gasteiger partial charge in [0.1, 0.15) is 5.69 Å². The largest absolute Gasteiger partial charge is 0.378 e. The molecule has 0 aliphatic carbocycles. The van der Waals surface area contributed by atoms with Gasteiger partial charge in [0.25, 0.3) is 0 Å². The number of para-hydroxylation sites is 1. The lowest BCUT2D eigenvalue weighted by Gasteiger charge is -2.31. The van der Waals surface area contributed by atoms with E-state index in [2.05, 4.69) is 10.5 Å². The van der Waals surface area contributed by atoms with Crippen molar-refractivity contribution in [2.75, 3.05) is 44.7 Å². The first kappa shape index (κ1) is 23.5. The fourth-order valence-corrected chi connectivity index (χ4v) is 5.92. The Bertz CT molecular complexity index is 1120. The van der Waals surface area contributed by atoms with Crippen LogP contribution >= 0.6 is 0 Å². The molecule has 2 saturated heterocycles. The third kappa shape index (κ3) is 5.29. The number of morpholine rings is 1. The van der Waals surface area contributed by atoms with Gasteiger partial charge in [0.15, 0.2) is 10.7 Å². The maximum Gasteiger partial charge on any atom is 0.248 e. The summed E-state index contributed by atoms with van der Waals surface area (Å²) in [7, 11) is -3.88. The SMILES string of the molecule is Cc1ccccc1NC(=O)C1CCCN(S(=O)(=O)c2c(C)noc2C=CN2CCOCC2)C1. The van der Waals surface area contributed by atoms with Gasteiger partial charge in [-0.1, -0.05) is 23.4 Å². The number of hydrogen-bond acceptors (Lipinski definition) is 7. The smallest absolute Gasteiger partial charge is 0.248 e. The van der Waals surface area contributed by atoms with Gasteiger partial charge >= 0.3 is 0 Å². The van der Waals surface area contributed by atoms with Crippen molar-refractivity contribution in [1.82, 2.24) is 14.4 Å². The summed E-state index contributed by atoms with van der Waals surface area (Å²) in [5, 5.41) is 6.85. The summed E-state index contributed by atoms with van der Waals surface area (Å²) in [6, 6.07) is 7.54. The maximum absolute atomic E-state index is 13.5. The first-order chi connectivity index (χ1) is 15.9. The van der Waals surface area contributed by atoms with Crippen molar-refractivity contribution in [1.29, 1.82) is 0 Å². The number of hydrogen-bond donors (Lipinski definition) is 1. The lowest BCUT2D eigenvalue weighted by molar-refractivity contribution is -0.120. The van der Waals surface area contributed by atoms with Crippen LogP contribution in [0.1, 0.15) is 29.9 Å². The molecule has 1 aromatic carbocycles. The number of aromatic nitrogens is 1. The van der Waals surface area contributed by atoms with Crippen molar-refractivity contribution in [2.24, 2.45) is 5.92 Å². The number of carbonyl (C=O) groups is 1. The van der Waals surface area contributed by atoms with Crippen LogP contribution in [0.4, 0.5) is 5.69 Å². The fourth-order valence-electron chi connectivity index (χ4n) is 4.15. The highest BCUT2D eigenvalue weighted by molar-refractivity contribution is 7.89. The number of anilines is 1. The number of piperidine rings is 1. The number of sulfonamides is 1.